The SMILES string of the molecule is CN(C)c1ccc(-c2cc3nccnc3c(OC[C@@H]3CN(C(=O)C4CC4)CCO3)n2)cc1.S. The van der Waals surface area contributed by atoms with Gasteiger partial charge in [-0.3, -0.25) is 9.78 Å². The minimum atomic E-state index is -0.192. The first-order chi connectivity index (χ1) is 15.6. The highest BCUT2D eigenvalue weighted by atomic mass is 32.1. The molecule has 0 N–H and O–H groups in total. The fourth-order valence-electron chi connectivity index (χ4n) is 3.90. The predicted molar refractivity (Wildman–Crippen MR) is 132 cm³/mol. The molecule has 2 aromatic heterocycles. The molecule has 174 valence electrons. The van der Waals surface area contributed by atoms with Gasteiger partial charge in [0, 0.05) is 50.2 Å². The van der Waals surface area contributed by atoms with Gasteiger partial charge in [-0.1, -0.05) is 12.1 Å². The zero-order valence-electron chi connectivity index (χ0n) is 18.9. The Bertz CT molecular complexity index is 1120. The Balaban J connectivity index is 0.00000259. The van der Waals surface area contributed by atoms with E-state index in [1.54, 1.807) is 12.4 Å². The number of anilines is 1. The Morgan fingerprint density at radius 2 is 1.94 bits per heavy atom. The number of benzene rings is 1. The molecule has 1 atom stereocenters. The van der Waals surface area contributed by atoms with E-state index in [1.807, 2.05) is 37.2 Å². The summed E-state index contributed by atoms with van der Waals surface area (Å²) in [7, 11) is 4.02. The summed E-state index contributed by atoms with van der Waals surface area (Å²) < 4.78 is 12.0. The molecule has 1 aromatic carbocycles. The minimum Gasteiger partial charge on any atom is -0.473 e. The van der Waals surface area contributed by atoms with Crippen LogP contribution in [-0.2, 0) is 9.53 Å². The molecule has 1 aliphatic heterocycles. The van der Waals surface area contributed by atoms with E-state index in [-0.39, 0.29) is 31.4 Å². The quantitative estimate of drug-likeness (QED) is 0.551. The lowest BCUT2D eigenvalue weighted by molar-refractivity contribution is -0.141. The van der Waals surface area contributed by atoms with Gasteiger partial charge in [0.1, 0.15) is 12.7 Å². The predicted octanol–water partition coefficient (Wildman–Crippen LogP) is 2.89. The molecule has 0 bridgehead atoms. The average Bonchev–Trinajstić information content (AvgIpc) is 3.68. The lowest BCUT2D eigenvalue weighted by Gasteiger charge is -2.32. The molecule has 1 saturated carbocycles. The number of hydrogen-bond donors (Lipinski definition) is 0. The van der Waals surface area contributed by atoms with E-state index in [0.29, 0.717) is 37.7 Å². The average molecular weight is 468 g/mol. The summed E-state index contributed by atoms with van der Waals surface area (Å²) in [6, 6.07) is 10.1. The summed E-state index contributed by atoms with van der Waals surface area (Å²) in [5, 5.41) is 0. The molecule has 33 heavy (non-hydrogen) atoms. The van der Waals surface area contributed by atoms with Crippen LogP contribution in [0, 0.1) is 5.92 Å². The molecule has 5 rings (SSSR count). The third kappa shape index (κ3) is 5.20. The van der Waals surface area contributed by atoms with Gasteiger partial charge in [-0.05, 0) is 31.0 Å². The number of carbonyl (C=O) groups is 1. The Kier molecular flexibility index (Phi) is 6.99. The summed E-state index contributed by atoms with van der Waals surface area (Å²) in [6.07, 6.45) is 5.12. The van der Waals surface area contributed by atoms with Crippen LogP contribution in [0.5, 0.6) is 5.88 Å². The molecule has 0 radical (unpaired) electrons. The fourth-order valence-corrected chi connectivity index (χ4v) is 3.90. The molecular formula is C24H29N5O3S. The zero-order valence-corrected chi connectivity index (χ0v) is 19.9. The van der Waals surface area contributed by atoms with E-state index < -0.39 is 0 Å². The molecule has 2 aliphatic rings. The number of fused-ring (bicyclic) bond motifs is 1. The van der Waals surface area contributed by atoms with E-state index in [0.717, 1.165) is 35.3 Å². The molecular weight excluding hydrogens is 438 g/mol. The van der Waals surface area contributed by atoms with Crippen LogP contribution in [0.1, 0.15) is 12.8 Å². The number of carbonyl (C=O) groups excluding carboxylic acids is 1. The first-order valence-corrected chi connectivity index (χ1v) is 11.0. The van der Waals surface area contributed by atoms with Gasteiger partial charge >= 0.3 is 0 Å². The van der Waals surface area contributed by atoms with Crippen molar-refractivity contribution in [2.75, 3.05) is 45.3 Å². The largest absolute Gasteiger partial charge is 0.473 e. The highest BCUT2D eigenvalue weighted by molar-refractivity contribution is 7.59. The van der Waals surface area contributed by atoms with Crippen molar-refractivity contribution in [2.24, 2.45) is 5.92 Å². The molecule has 3 heterocycles. The number of rotatable bonds is 6. The van der Waals surface area contributed by atoms with Gasteiger partial charge in [0.05, 0.1) is 24.4 Å². The van der Waals surface area contributed by atoms with Crippen molar-refractivity contribution in [1.29, 1.82) is 0 Å². The Hall–Kier alpha value is -2.91. The lowest BCUT2D eigenvalue weighted by Crippen LogP contribution is -2.48. The van der Waals surface area contributed by atoms with Crippen LogP contribution in [0.2, 0.25) is 0 Å². The molecule has 9 heteroatoms. The van der Waals surface area contributed by atoms with Crippen LogP contribution < -0.4 is 9.64 Å². The maximum atomic E-state index is 12.4. The molecule has 0 unspecified atom stereocenters. The van der Waals surface area contributed by atoms with Crippen molar-refractivity contribution in [2.45, 2.75) is 18.9 Å². The number of hydrogen-bond acceptors (Lipinski definition) is 7. The second-order valence-corrected chi connectivity index (χ2v) is 8.54. The van der Waals surface area contributed by atoms with Gasteiger partial charge in [0.25, 0.3) is 0 Å². The first-order valence-electron chi connectivity index (χ1n) is 11.0. The van der Waals surface area contributed by atoms with Crippen molar-refractivity contribution < 1.29 is 14.3 Å². The number of morpholine rings is 1. The van der Waals surface area contributed by atoms with Gasteiger partial charge in [-0.15, -0.1) is 0 Å². The molecule has 8 nitrogen and oxygen atoms in total. The van der Waals surface area contributed by atoms with Crippen molar-refractivity contribution >= 4 is 36.1 Å². The van der Waals surface area contributed by atoms with Crippen LogP contribution in [0.25, 0.3) is 22.3 Å². The van der Waals surface area contributed by atoms with Crippen LogP contribution in [0.15, 0.2) is 42.7 Å². The minimum absolute atomic E-state index is 0. The standard InChI is InChI=1S/C24H27N5O3.H2S/c1-28(2)18-7-5-16(6-8-18)20-13-21-22(26-10-9-25-21)23(27-20)32-15-19-14-29(11-12-31-19)24(30)17-3-4-17;/h5-10,13,17,19H,3-4,11-12,14-15H2,1-2H3;1H2/t19-;/m0./s1. The van der Waals surface area contributed by atoms with E-state index in [1.165, 1.54) is 0 Å². The summed E-state index contributed by atoms with van der Waals surface area (Å²) in [5.74, 6) is 0.888. The Labute approximate surface area is 200 Å². The molecule has 1 saturated heterocycles. The first kappa shape index (κ1) is 23.3. The fraction of sp³-hybridized carbons (Fsp3) is 0.417. The van der Waals surface area contributed by atoms with Crippen LogP contribution >= 0.6 is 13.5 Å². The van der Waals surface area contributed by atoms with Crippen molar-refractivity contribution in [1.82, 2.24) is 19.9 Å². The summed E-state index contributed by atoms with van der Waals surface area (Å²) in [4.78, 5) is 30.0. The lowest BCUT2D eigenvalue weighted by atomic mass is 10.1. The number of aromatic nitrogens is 3. The van der Waals surface area contributed by atoms with Crippen molar-refractivity contribution in [3.05, 3.63) is 42.7 Å². The highest BCUT2D eigenvalue weighted by Gasteiger charge is 2.35. The van der Waals surface area contributed by atoms with Gasteiger partial charge in [0.2, 0.25) is 11.8 Å². The van der Waals surface area contributed by atoms with Gasteiger partial charge in [-0.25, -0.2) is 9.97 Å². The monoisotopic (exact) mass is 467 g/mol. The maximum absolute atomic E-state index is 12.4. The normalized spacial score (nSPS) is 18.0. The smallest absolute Gasteiger partial charge is 0.242 e. The van der Waals surface area contributed by atoms with Crippen molar-refractivity contribution in [3.63, 3.8) is 0 Å². The Morgan fingerprint density at radius 1 is 1.18 bits per heavy atom. The van der Waals surface area contributed by atoms with E-state index in [2.05, 4.69) is 27.0 Å². The summed E-state index contributed by atoms with van der Waals surface area (Å²) in [6.45, 7) is 2.02. The van der Waals surface area contributed by atoms with Crippen LogP contribution in [-0.4, -0.2) is 72.3 Å². The molecule has 1 aliphatic carbocycles. The topological polar surface area (TPSA) is 80.7 Å². The van der Waals surface area contributed by atoms with E-state index in [9.17, 15) is 4.79 Å². The number of pyridine rings is 1. The molecule has 0 spiro atoms. The van der Waals surface area contributed by atoms with Gasteiger partial charge in [-0.2, -0.15) is 13.5 Å². The maximum Gasteiger partial charge on any atom is 0.242 e. The highest BCUT2D eigenvalue weighted by Crippen LogP contribution is 2.32. The molecule has 1 amide bonds. The number of amides is 1. The van der Waals surface area contributed by atoms with Crippen LogP contribution in [0.4, 0.5) is 5.69 Å². The van der Waals surface area contributed by atoms with Gasteiger partial charge in [0.15, 0.2) is 5.52 Å². The van der Waals surface area contributed by atoms with Gasteiger partial charge < -0.3 is 19.3 Å². The summed E-state index contributed by atoms with van der Waals surface area (Å²) in [5.41, 5.74) is 4.20. The second kappa shape index (κ2) is 9.93. The summed E-state index contributed by atoms with van der Waals surface area (Å²) >= 11 is 0. The second-order valence-electron chi connectivity index (χ2n) is 8.54. The zero-order chi connectivity index (χ0) is 22.1. The third-order valence-electron chi connectivity index (χ3n) is 5.89. The van der Waals surface area contributed by atoms with E-state index >= 15 is 0 Å². The molecule has 3 aromatic rings. The van der Waals surface area contributed by atoms with Crippen molar-refractivity contribution in [3.8, 4) is 17.1 Å². The number of nitrogens with zero attached hydrogens (tertiary/aromatic N) is 5. The number of ether oxygens (including phenoxy) is 2. The van der Waals surface area contributed by atoms with Crippen LogP contribution in [0.3, 0.4) is 0 Å². The van der Waals surface area contributed by atoms with E-state index in [4.69, 9.17) is 14.5 Å². The Morgan fingerprint density at radius 3 is 2.67 bits per heavy atom. The third-order valence-corrected chi connectivity index (χ3v) is 5.89. The molecule has 2 fully saturated rings.